The van der Waals surface area contributed by atoms with Crippen LogP contribution < -0.4 is 4.74 Å². The van der Waals surface area contributed by atoms with E-state index in [0.29, 0.717) is 6.54 Å². The van der Waals surface area contributed by atoms with E-state index in [0.717, 1.165) is 11.8 Å². The third-order valence-electron chi connectivity index (χ3n) is 3.05. The van der Waals surface area contributed by atoms with Crippen molar-refractivity contribution in [2.24, 2.45) is 0 Å². The molecule has 0 unspecified atom stereocenters. The van der Waals surface area contributed by atoms with E-state index >= 15 is 0 Å². The molecule has 0 aliphatic rings. The highest BCUT2D eigenvalue weighted by atomic mass is 19.1. The molecule has 0 atom stereocenters. The van der Waals surface area contributed by atoms with Crippen LogP contribution in [0.2, 0.25) is 0 Å². The summed E-state index contributed by atoms with van der Waals surface area (Å²) in [5, 5.41) is 0. The maximum atomic E-state index is 14.2. The topological polar surface area (TPSA) is 44.9 Å². The molecule has 2 heterocycles. The van der Waals surface area contributed by atoms with Crippen molar-refractivity contribution in [2.75, 3.05) is 7.11 Å². The zero-order valence-electron chi connectivity index (χ0n) is 11.2. The number of hydrogen-bond acceptors (Lipinski definition) is 3. The molecule has 0 N–H and O–H groups in total. The Kier molecular flexibility index (Phi) is 3.39. The summed E-state index contributed by atoms with van der Waals surface area (Å²) in [6, 6.07) is 2.50. The van der Waals surface area contributed by atoms with Gasteiger partial charge in [-0.25, -0.2) is 18.7 Å². The minimum absolute atomic E-state index is 0.178. The molecule has 2 aromatic heterocycles. The Morgan fingerprint density at radius 3 is 2.81 bits per heavy atom. The van der Waals surface area contributed by atoms with E-state index in [1.165, 1.54) is 24.1 Å². The summed E-state index contributed by atoms with van der Waals surface area (Å²) >= 11 is 0. The van der Waals surface area contributed by atoms with Crippen LogP contribution in [0.3, 0.4) is 0 Å². The van der Waals surface area contributed by atoms with Crippen LogP contribution in [0.4, 0.5) is 8.78 Å². The molecule has 5 nitrogen and oxygen atoms in total. The summed E-state index contributed by atoms with van der Waals surface area (Å²) in [5.74, 6) is -1.90. The summed E-state index contributed by atoms with van der Waals surface area (Å²) < 4.78 is 35.6. The van der Waals surface area contributed by atoms with Gasteiger partial charge >= 0.3 is 0 Å². The van der Waals surface area contributed by atoms with Crippen LogP contribution in [0, 0.1) is 11.6 Å². The van der Waals surface area contributed by atoms with Gasteiger partial charge < -0.3 is 13.9 Å². The van der Waals surface area contributed by atoms with Crippen molar-refractivity contribution in [2.45, 2.75) is 6.54 Å². The van der Waals surface area contributed by atoms with Crippen molar-refractivity contribution < 1.29 is 13.5 Å². The van der Waals surface area contributed by atoms with Gasteiger partial charge in [-0.15, -0.1) is 0 Å². The fourth-order valence-corrected chi connectivity index (χ4v) is 2.05. The molecule has 21 heavy (non-hydrogen) atoms. The quantitative estimate of drug-likeness (QED) is 0.741. The van der Waals surface area contributed by atoms with Gasteiger partial charge in [0.25, 0.3) is 0 Å². The van der Waals surface area contributed by atoms with Crippen molar-refractivity contribution in [3.05, 3.63) is 60.7 Å². The van der Waals surface area contributed by atoms with Crippen molar-refractivity contribution in [3.63, 3.8) is 0 Å². The molecule has 108 valence electrons. The maximum absolute atomic E-state index is 14.2. The van der Waals surface area contributed by atoms with Crippen molar-refractivity contribution in [1.82, 2.24) is 19.1 Å². The molecule has 0 amide bonds. The molecule has 3 rings (SSSR count). The van der Waals surface area contributed by atoms with E-state index in [-0.39, 0.29) is 5.69 Å². The van der Waals surface area contributed by atoms with E-state index in [4.69, 9.17) is 4.74 Å². The second kappa shape index (κ2) is 5.35. The smallest absolute Gasteiger partial charge is 0.192 e. The number of nitrogens with zero attached hydrogens (tertiary/aromatic N) is 4. The lowest BCUT2D eigenvalue weighted by molar-refractivity contribution is 0.359. The van der Waals surface area contributed by atoms with Crippen LogP contribution in [0.25, 0.3) is 5.69 Å². The SMILES string of the molecule is COc1c(F)ccc(-n2cnc(Cn3ccnc3)c2)c1F. The summed E-state index contributed by atoms with van der Waals surface area (Å²) in [6.07, 6.45) is 8.29. The average Bonchev–Trinajstić information content (AvgIpc) is 3.12. The van der Waals surface area contributed by atoms with Gasteiger partial charge in [-0.2, -0.15) is 0 Å². The summed E-state index contributed by atoms with van der Waals surface area (Å²) in [7, 11) is 1.23. The number of hydrogen-bond donors (Lipinski definition) is 0. The zero-order chi connectivity index (χ0) is 14.8. The Hall–Kier alpha value is -2.70. The molecule has 1 aromatic carbocycles. The highest BCUT2D eigenvalue weighted by molar-refractivity contribution is 5.42. The fraction of sp³-hybridized carbons (Fsp3) is 0.143. The molecule has 0 aliphatic heterocycles. The molecule has 0 saturated heterocycles. The van der Waals surface area contributed by atoms with Gasteiger partial charge in [0.15, 0.2) is 17.4 Å². The lowest BCUT2D eigenvalue weighted by Crippen LogP contribution is -2.00. The predicted octanol–water partition coefficient (Wildman–Crippen LogP) is 2.40. The van der Waals surface area contributed by atoms with Gasteiger partial charge in [0, 0.05) is 18.6 Å². The molecule has 0 radical (unpaired) electrons. The average molecular weight is 290 g/mol. The molecule has 3 aromatic rings. The lowest BCUT2D eigenvalue weighted by atomic mass is 10.2. The third-order valence-corrected chi connectivity index (χ3v) is 3.05. The molecular formula is C14H12F2N4O. The van der Waals surface area contributed by atoms with E-state index in [1.54, 1.807) is 24.9 Å². The number of benzene rings is 1. The molecule has 0 bridgehead atoms. The van der Waals surface area contributed by atoms with Crippen LogP contribution in [0.15, 0.2) is 43.4 Å². The molecule has 0 spiro atoms. The minimum Gasteiger partial charge on any atom is -0.491 e. The minimum atomic E-state index is -0.760. The van der Waals surface area contributed by atoms with Gasteiger partial charge in [-0.1, -0.05) is 0 Å². The summed E-state index contributed by atoms with van der Waals surface area (Å²) in [5.41, 5.74) is 0.910. The van der Waals surface area contributed by atoms with Crippen LogP contribution in [-0.2, 0) is 6.54 Å². The number of rotatable bonds is 4. The zero-order valence-corrected chi connectivity index (χ0v) is 11.2. The van der Waals surface area contributed by atoms with Gasteiger partial charge in [0.05, 0.1) is 37.7 Å². The second-order valence-corrected chi connectivity index (χ2v) is 4.42. The van der Waals surface area contributed by atoms with Crippen molar-refractivity contribution in [1.29, 1.82) is 0 Å². The number of halogens is 2. The second-order valence-electron chi connectivity index (χ2n) is 4.42. The Balaban J connectivity index is 1.93. The Morgan fingerprint density at radius 1 is 1.24 bits per heavy atom. The van der Waals surface area contributed by atoms with Gasteiger partial charge in [0.2, 0.25) is 0 Å². The highest BCUT2D eigenvalue weighted by Crippen LogP contribution is 2.26. The first-order valence-electron chi connectivity index (χ1n) is 6.20. The standard InChI is InChI=1S/C14H12F2N4O/c1-21-14-11(15)2-3-12(13(14)16)20-7-10(18-9-20)6-19-5-4-17-8-19/h2-5,7-9H,6H2,1H3. The Labute approximate surface area is 119 Å². The third kappa shape index (κ3) is 2.49. The van der Waals surface area contributed by atoms with Crippen LogP contribution in [0.5, 0.6) is 5.75 Å². The number of imidazole rings is 2. The predicted molar refractivity (Wildman–Crippen MR) is 71.4 cm³/mol. The largest absolute Gasteiger partial charge is 0.491 e. The van der Waals surface area contributed by atoms with Crippen LogP contribution in [0.1, 0.15) is 5.69 Å². The first-order chi connectivity index (χ1) is 10.2. The first-order valence-corrected chi connectivity index (χ1v) is 6.20. The van der Waals surface area contributed by atoms with E-state index < -0.39 is 17.4 Å². The van der Waals surface area contributed by atoms with E-state index in [9.17, 15) is 8.78 Å². The van der Waals surface area contributed by atoms with Crippen molar-refractivity contribution in [3.8, 4) is 11.4 Å². The molecule has 0 fully saturated rings. The van der Waals surface area contributed by atoms with E-state index in [1.807, 2.05) is 4.57 Å². The highest BCUT2D eigenvalue weighted by Gasteiger charge is 2.15. The summed E-state index contributed by atoms with van der Waals surface area (Å²) in [4.78, 5) is 8.14. The first kappa shape index (κ1) is 13.3. The molecule has 0 saturated carbocycles. The molecular weight excluding hydrogens is 278 g/mol. The maximum Gasteiger partial charge on any atom is 0.192 e. The molecule has 7 heteroatoms. The molecule has 0 aliphatic carbocycles. The normalized spacial score (nSPS) is 10.8. The van der Waals surface area contributed by atoms with Gasteiger partial charge in [0.1, 0.15) is 0 Å². The summed E-state index contributed by atoms with van der Waals surface area (Å²) in [6.45, 7) is 0.521. The number of aromatic nitrogens is 4. The fourth-order valence-electron chi connectivity index (χ4n) is 2.05. The van der Waals surface area contributed by atoms with Crippen LogP contribution in [-0.4, -0.2) is 26.2 Å². The monoisotopic (exact) mass is 290 g/mol. The van der Waals surface area contributed by atoms with E-state index in [2.05, 4.69) is 9.97 Å². The Bertz CT molecular complexity index is 752. The van der Waals surface area contributed by atoms with Gasteiger partial charge in [-0.05, 0) is 12.1 Å². The van der Waals surface area contributed by atoms with Crippen molar-refractivity contribution >= 4 is 0 Å². The lowest BCUT2D eigenvalue weighted by Gasteiger charge is -2.08. The van der Waals surface area contributed by atoms with Gasteiger partial charge in [-0.3, -0.25) is 0 Å². The number of ether oxygens (including phenoxy) is 1. The van der Waals surface area contributed by atoms with Crippen LogP contribution >= 0.6 is 0 Å². The number of methoxy groups -OCH3 is 1. The Morgan fingerprint density at radius 2 is 2.10 bits per heavy atom.